The molecule has 0 radical (unpaired) electrons. The van der Waals surface area contributed by atoms with Gasteiger partial charge < -0.3 is 34.7 Å². The van der Waals surface area contributed by atoms with Gasteiger partial charge in [0.25, 0.3) is 0 Å². The Bertz CT molecular complexity index is 444. The number of nitrogens with one attached hydrogen (secondary N) is 2. The van der Waals surface area contributed by atoms with Crippen LogP contribution in [-0.2, 0) is 4.74 Å². The first-order valence-electron chi connectivity index (χ1n) is 8.02. The van der Waals surface area contributed by atoms with Gasteiger partial charge in [-0.1, -0.05) is 0 Å². The van der Waals surface area contributed by atoms with E-state index in [0.29, 0.717) is 43.7 Å². The third-order valence-electron chi connectivity index (χ3n) is 3.19. The van der Waals surface area contributed by atoms with E-state index in [-0.39, 0.29) is 13.2 Å². The molecular formula is C16H26N2O5. The van der Waals surface area contributed by atoms with Crippen molar-refractivity contribution in [2.24, 2.45) is 0 Å². The lowest BCUT2D eigenvalue weighted by Crippen LogP contribution is -2.27. The summed E-state index contributed by atoms with van der Waals surface area (Å²) >= 11 is 0. The first-order valence-corrected chi connectivity index (χ1v) is 8.02. The molecule has 0 saturated heterocycles. The highest BCUT2D eigenvalue weighted by Gasteiger charge is 2.08. The highest BCUT2D eigenvalue weighted by atomic mass is 16.5. The van der Waals surface area contributed by atoms with Gasteiger partial charge in [0, 0.05) is 32.2 Å². The summed E-state index contributed by atoms with van der Waals surface area (Å²) in [6.45, 7) is 5.76. The summed E-state index contributed by atoms with van der Waals surface area (Å²) in [7, 11) is 0. The second kappa shape index (κ2) is 11.1. The molecule has 23 heavy (non-hydrogen) atoms. The van der Waals surface area contributed by atoms with Crippen LogP contribution in [0, 0.1) is 0 Å². The van der Waals surface area contributed by atoms with Gasteiger partial charge >= 0.3 is 0 Å². The lowest BCUT2D eigenvalue weighted by Gasteiger charge is -2.14. The fraction of sp³-hybridized carbons (Fsp3) is 0.625. The maximum atomic E-state index is 8.84. The van der Waals surface area contributed by atoms with Crippen molar-refractivity contribution in [1.82, 2.24) is 10.6 Å². The average molecular weight is 326 g/mol. The first kappa shape index (κ1) is 17.8. The van der Waals surface area contributed by atoms with Crippen LogP contribution in [0.5, 0.6) is 17.2 Å². The molecule has 7 heteroatoms. The number of rotatable bonds is 3. The van der Waals surface area contributed by atoms with Gasteiger partial charge in [-0.25, -0.2) is 0 Å². The monoisotopic (exact) mass is 326 g/mol. The summed E-state index contributed by atoms with van der Waals surface area (Å²) in [5.41, 5.74) is 0. The van der Waals surface area contributed by atoms with Gasteiger partial charge in [-0.3, -0.25) is 0 Å². The number of aliphatic hydroxyl groups excluding tert-OH is 1. The third-order valence-corrected chi connectivity index (χ3v) is 3.19. The largest absolute Gasteiger partial charge is 0.491 e. The molecule has 0 atom stereocenters. The Kier molecular flexibility index (Phi) is 8.57. The normalized spacial score (nSPS) is 17.8. The molecule has 0 bridgehead atoms. The van der Waals surface area contributed by atoms with Gasteiger partial charge in [0.15, 0.2) is 11.5 Å². The molecule has 0 saturated carbocycles. The molecule has 0 aromatic heterocycles. The molecule has 0 spiro atoms. The summed E-state index contributed by atoms with van der Waals surface area (Å²) in [6.07, 6.45) is 0. The van der Waals surface area contributed by atoms with Gasteiger partial charge in [-0.05, 0) is 12.1 Å². The molecule has 0 fully saturated rings. The minimum atomic E-state index is -0.0217. The van der Waals surface area contributed by atoms with Crippen molar-refractivity contribution in [2.75, 3.05) is 65.8 Å². The Morgan fingerprint density at radius 3 is 2.26 bits per heavy atom. The van der Waals surface area contributed by atoms with Gasteiger partial charge in [0.2, 0.25) is 0 Å². The molecule has 0 unspecified atom stereocenters. The van der Waals surface area contributed by atoms with Crippen LogP contribution in [0.3, 0.4) is 0 Å². The molecular weight excluding hydrogens is 300 g/mol. The Balaban J connectivity index is 1.96. The highest BCUT2D eigenvalue weighted by Crippen LogP contribution is 2.31. The summed E-state index contributed by atoms with van der Waals surface area (Å²) < 4.78 is 22.5. The van der Waals surface area contributed by atoms with Crippen LogP contribution in [0.1, 0.15) is 0 Å². The molecule has 1 heterocycles. The van der Waals surface area contributed by atoms with E-state index in [1.54, 1.807) is 6.07 Å². The molecule has 1 aromatic rings. The van der Waals surface area contributed by atoms with E-state index >= 15 is 0 Å². The minimum Gasteiger partial charge on any atom is -0.491 e. The SMILES string of the molecule is OCCOc1ccc2c(c1)OCCNCCOCCNCCO2. The summed E-state index contributed by atoms with van der Waals surface area (Å²) in [4.78, 5) is 0. The van der Waals surface area contributed by atoms with Crippen LogP contribution < -0.4 is 24.8 Å². The molecule has 1 aliphatic heterocycles. The average Bonchev–Trinajstić information content (AvgIpc) is 2.58. The van der Waals surface area contributed by atoms with Crippen LogP contribution in [0.15, 0.2) is 18.2 Å². The summed E-state index contributed by atoms with van der Waals surface area (Å²) in [5.74, 6) is 1.99. The highest BCUT2D eigenvalue weighted by molar-refractivity contribution is 5.45. The van der Waals surface area contributed by atoms with Gasteiger partial charge in [-0.2, -0.15) is 0 Å². The zero-order chi connectivity index (χ0) is 16.2. The van der Waals surface area contributed by atoms with Crippen LogP contribution in [0.25, 0.3) is 0 Å². The number of hydrogen-bond acceptors (Lipinski definition) is 7. The maximum absolute atomic E-state index is 8.84. The summed E-state index contributed by atoms with van der Waals surface area (Å²) in [5, 5.41) is 15.4. The molecule has 1 aromatic carbocycles. The van der Waals surface area contributed by atoms with E-state index in [9.17, 15) is 0 Å². The second-order valence-corrected chi connectivity index (χ2v) is 4.99. The number of aliphatic hydroxyl groups is 1. The molecule has 3 N–H and O–H groups in total. The van der Waals surface area contributed by atoms with E-state index in [2.05, 4.69) is 10.6 Å². The van der Waals surface area contributed by atoms with Gasteiger partial charge in [-0.15, -0.1) is 0 Å². The molecule has 0 amide bonds. The zero-order valence-electron chi connectivity index (χ0n) is 13.4. The molecule has 2 rings (SSSR count). The zero-order valence-corrected chi connectivity index (χ0v) is 13.4. The van der Waals surface area contributed by atoms with Crippen LogP contribution in [0.2, 0.25) is 0 Å². The minimum absolute atomic E-state index is 0.0217. The van der Waals surface area contributed by atoms with Crippen molar-refractivity contribution in [1.29, 1.82) is 0 Å². The van der Waals surface area contributed by atoms with Crippen LogP contribution >= 0.6 is 0 Å². The van der Waals surface area contributed by atoms with Crippen molar-refractivity contribution in [3.63, 3.8) is 0 Å². The van der Waals surface area contributed by atoms with Crippen LogP contribution in [-0.4, -0.2) is 70.9 Å². The molecule has 130 valence electrons. The number of hydrogen-bond donors (Lipinski definition) is 3. The van der Waals surface area contributed by atoms with E-state index in [0.717, 1.165) is 26.2 Å². The van der Waals surface area contributed by atoms with Crippen molar-refractivity contribution in [3.05, 3.63) is 18.2 Å². The topological polar surface area (TPSA) is 81.2 Å². The predicted octanol–water partition coefficient (Wildman–Crippen LogP) is 0.0247. The quantitative estimate of drug-likeness (QED) is 0.723. The molecule has 1 aliphatic rings. The van der Waals surface area contributed by atoms with E-state index in [4.69, 9.17) is 24.1 Å². The van der Waals surface area contributed by atoms with Gasteiger partial charge in [0.1, 0.15) is 25.6 Å². The smallest absolute Gasteiger partial charge is 0.164 e. The third kappa shape index (κ3) is 7.04. The Morgan fingerprint density at radius 2 is 1.57 bits per heavy atom. The maximum Gasteiger partial charge on any atom is 0.164 e. The van der Waals surface area contributed by atoms with Crippen molar-refractivity contribution in [3.8, 4) is 17.2 Å². The molecule has 7 nitrogen and oxygen atoms in total. The second-order valence-electron chi connectivity index (χ2n) is 4.99. The predicted molar refractivity (Wildman–Crippen MR) is 86.6 cm³/mol. The van der Waals surface area contributed by atoms with Crippen molar-refractivity contribution >= 4 is 0 Å². The number of ether oxygens (including phenoxy) is 4. The van der Waals surface area contributed by atoms with E-state index in [1.807, 2.05) is 12.1 Å². The fourth-order valence-corrected chi connectivity index (χ4v) is 2.08. The van der Waals surface area contributed by atoms with Crippen molar-refractivity contribution < 1.29 is 24.1 Å². The fourth-order valence-electron chi connectivity index (χ4n) is 2.08. The Labute approximate surface area is 136 Å². The van der Waals surface area contributed by atoms with Crippen molar-refractivity contribution in [2.45, 2.75) is 0 Å². The van der Waals surface area contributed by atoms with E-state index < -0.39 is 0 Å². The van der Waals surface area contributed by atoms with Crippen LogP contribution in [0.4, 0.5) is 0 Å². The lowest BCUT2D eigenvalue weighted by atomic mass is 10.3. The molecule has 0 aliphatic carbocycles. The summed E-state index contributed by atoms with van der Waals surface area (Å²) in [6, 6.07) is 5.43. The van der Waals surface area contributed by atoms with Gasteiger partial charge in [0.05, 0.1) is 19.8 Å². The number of benzene rings is 1. The Morgan fingerprint density at radius 1 is 0.913 bits per heavy atom. The standard InChI is InChI=1S/C16H26N2O5/c19-7-12-21-14-1-2-15-16(13-14)23-11-6-18-4-9-20-8-3-17-5-10-22-15/h1-2,13,17-19H,3-12H2. The first-order chi connectivity index (χ1) is 11.4. The Hall–Kier alpha value is -1.54. The lowest BCUT2D eigenvalue weighted by molar-refractivity contribution is 0.136. The van der Waals surface area contributed by atoms with E-state index in [1.165, 1.54) is 0 Å². The number of fused-ring (bicyclic) bond motifs is 1.